The standard InChI is InChI=1S/C15H28N8O2S2/c1-14(2,13-17-20-21-18-13)6-10-26(24)8-5-9-27(25)11-7-15(3,4)23-12-16-19-22-23/h12H,5-11H2,1-4H3,(H,17,18,20,21). The molecule has 0 amide bonds. The van der Waals surface area contributed by atoms with Crippen LogP contribution in [0.15, 0.2) is 6.33 Å². The van der Waals surface area contributed by atoms with Crippen LogP contribution in [0.5, 0.6) is 0 Å². The minimum atomic E-state index is -0.938. The second kappa shape index (κ2) is 9.80. The molecule has 0 bridgehead atoms. The molecular weight excluding hydrogens is 388 g/mol. The van der Waals surface area contributed by atoms with Crippen molar-refractivity contribution in [3.8, 4) is 0 Å². The van der Waals surface area contributed by atoms with Crippen LogP contribution in [0.2, 0.25) is 0 Å². The molecule has 0 saturated heterocycles. The van der Waals surface area contributed by atoms with Crippen molar-refractivity contribution in [2.75, 3.05) is 23.0 Å². The SMILES string of the molecule is CC(C)(CC[S+]([O-])CCC[S+]([O-])CCC(C)(C)n1cnnn1)c1nnn[nH]1. The Morgan fingerprint density at radius 2 is 1.67 bits per heavy atom. The molecule has 0 aliphatic heterocycles. The molecule has 2 aromatic heterocycles. The van der Waals surface area contributed by atoms with Crippen molar-refractivity contribution < 1.29 is 9.11 Å². The zero-order valence-corrected chi connectivity index (χ0v) is 17.9. The van der Waals surface area contributed by atoms with Crippen molar-refractivity contribution in [3.63, 3.8) is 0 Å². The van der Waals surface area contributed by atoms with Crippen LogP contribution >= 0.6 is 0 Å². The van der Waals surface area contributed by atoms with E-state index in [4.69, 9.17) is 0 Å². The van der Waals surface area contributed by atoms with Gasteiger partial charge in [0.05, 0.1) is 5.54 Å². The lowest BCUT2D eigenvalue weighted by molar-refractivity contribution is 0.301. The zero-order valence-electron chi connectivity index (χ0n) is 16.3. The maximum atomic E-state index is 12.2. The fourth-order valence-electron chi connectivity index (χ4n) is 2.44. The molecule has 27 heavy (non-hydrogen) atoms. The van der Waals surface area contributed by atoms with Gasteiger partial charge in [0.1, 0.15) is 29.3 Å². The van der Waals surface area contributed by atoms with E-state index in [1.165, 1.54) is 0 Å². The number of nitrogens with zero attached hydrogens (tertiary/aromatic N) is 7. The summed E-state index contributed by atoms with van der Waals surface area (Å²) >= 11 is -1.88. The van der Waals surface area contributed by atoms with E-state index >= 15 is 0 Å². The summed E-state index contributed by atoms with van der Waals surface area (Å²) in [5.41, 5.74) is -0.521. The number of hydrogen-bond donors (Lipinski definition) is 1. The first-order chi connectivity index (χ1) is 12.7. The largest absolute Gasteiger partial charge is 0.616 e. The van der Waals surface area contributed by atoms with Gasteiger partial charge in [0.2, 0.25) is 0 Å². The van der Waals surface area contributed by atoms with Crippen LogP contribution in [0.4, 0.5) is 0 Å². The number of hydrogen-bond acceptors (Lipinski definition) is 8. The van der Waals surface area contributed by atoms with Crippen molar-refractivity contribution in [3.05, 3.63) is 12.2 Å². The van der Waals surface area contributed by atoms with Crippen molar-refractivity contribution in [1.29, 1.82) is 0 Å². The van der Waals surface area contributed by atoms with Crippen molar-refractivity contribution >= 4 is 22.4 Å². The van der Waals surface area contributed by atoms with Crippen molar-refractivity contribution in [2.45, 2.75) is 57.9 Å². The zero-order chi connectivity index (χ0) is 19.9. The minimum absolute atomic E-state index is 0.246. The van der Waals surface area contributed by atoms with Crippen LogP contribution < -0.4 is 0 Å². The highest BCUT2D eigenvalue weighted by molar-refractivity contribution is 7.92. The Balaban J connectivity index is 1.62. The molecule has 1 N–H and O–H groups in total. The van der Waals surface area contributed by atoms with Gasteiger partial charge >= 0.3 is 0 Å². The Kier molecular flexibility index (Phi) is 8.01. The summed E-state index contributed by atoms with van der Waals surface area (Å²) in [5.74, 6) is 2.98. The second-order valence-corrected chi connectivity index (χ2v) is 11.1. The molecule has 2 unspecified atom stereocenters. The first-order valence-electron chi connectivity index (χ1n) is 8.88. The Labute approximate surface area is 165 Å². The molecule has 10 nitrogen and oxygen atoms in total. The van der Waals surface area contributed by atoms with Gasteiger partial charge in [0.25, 0.3) is 0 Å². The van der Waals surface area contributed by atoms with Crippen LogP contribution in [0.3, 0.4) is 0 Å². The lowest BCUT2D eigenvalue weighted by Crippen LogP contribution is -2.30. The summed E-state index contributed by atoms with van der Waals surface area (Å²) in [7, 11) is 0. The third-order valence-corrected chi connectivity index (χ3v) is 7.40. The van der Waals surface area contributed by atoms with Crippen LogP contribution in [-0.4, -0.2) is 72.9 Å². The van der Waals surface area contributed by atoms with Crippen molar-refractivity contribution in [1.82, 2.24) is 40.8 Å². The number of aromatic nitrogens is 8. The lowest BCUT2D eigenvalue weighted by Gasteiger charge is -2.24. The summed E-state index contributed by atoms with van der Waals surface area (Å²) in [6.45, 7) is 8.07. The van der Waals surface area contributed by atoms with Gasteiger partial charge in [-0.3, -0.25) is 0 Å². The maximum Gasteiger partial charge on any atom is 0.154 e. The van der Waals surface area contributed by atoms with Gasteiger partial charge in [-0.2, -0.15) is 0 Å². The Morgan fingerprint density at radius 1 is 1.00 bits per heavy atom. The summed E-state index contributed by atoms with van der Waals surface area (Å²) < 4.78 is 26.2. The van der Waals surface area contributed by atoms with Gasteiger partial charge in [0.15, 0.2) is 5.82 Å². The molecule has 2 atom stereocenters. The molecule has 0 aliphatic carbocycles. The minimum Gasteiger partial charge on any atom is -0.616 e. The van der Waals surface area contributed by atoms with E-state index in [0.717, 1.165) is 6.42 Å². The molecule has 0 aromatic carbocycles. The van der Waals surface area contributed by atoms with E-state index in [9.17, 15) is 9.11 Å². The number of rotatable bonds is 12. The summed E-state index contributed by atoms with van der Waals surface area (Å²) in [5, 5.41) is 25.1. The number of nitrogens with one attached hydrogen (secondary N) is 1. The van der Waals surface area contributed by atoms with Gasteiger partial charge < -0.3 is 9.11 Å². The van der Waals surface area contributed by atoms with E-state index in [-0.39, 0.29) is 11.0 Å². The Hall–Kier alpha value is -1.24. The van der Waals surface area contributed by atoms with Gasteiger partial charge in [-0.1, -0.05) is 36.2 Å². The third kappa shape index (κ3) is 7.01. The van der Waals surface area contributed by atoms with Gasteiger partial charge in [-0.15, -0.1) is 10.2 Å². The van der Waals surface area contributed by atoms with E-state index < -0.39 is 22.4 Å². The molecule has 2 aromatic rings. The summed E-state index contributed by atoms with van der Waals surface area (Å²) in [6.07, 6.45) is 3.70. The fraction of sp³-hybridized carbons (Fsp3) is 0.867. The molecule has 12 heteroatoms. The normalized spacial score (nSPS) is 15.0. The van der Waals surface area contributed by atoms with Gasteiger partial charge in [-0.05, 0) is 34.7 Å². The first kappa shape index (κ1) is 22.1. The molecule has 2 rings (SSSR count). The van der Waals surface area contributed by atoms with Crippen LogP contribution in [0, 0.1) is 0 Å². The number of H-pyrrole nitrogens is 1. The third-order valence-electron chi connectivity index (χ3n) is 4.60. The predicted octanol–water partition coefficient (Wildman–Crippen LogP) is 0.567. The highest BCUT2D eigenvalue weighted by atomic mass is 32.2. The monoisotopic (exact) mass is 416 g/mol. The smallest absolute Gasteiger partial charge is 0.154 e. The second-order valence-electron chi connectivity index (χ2n) is 7.75. The highest BCUT2D eigenvalue weighted by Gasteiger charge is 2.27. The predicted molar refractivity (Wildman–Crippen MR) is 104 cm³/mol. The average molecular weight is 417 g/mol. The summed E-state index contributed by atoms with van der Waals surface area (Å²) in [4.78, 5) is 0. The van der Waals surface area contributed by atoms with E-state index in [1.54, 1.807) is 11.0 Å². The fourth-order valence-corrected chi connectivity index (χ4v) is 5.42. The van der Waals surface area contributed by atoms with Crippen molar-refractivity contribution in [2.24, 2.45) is 0 Å². The molecular formula is C15H28N8O2S2. The number of tetrazole rings is 2. The number of aromatic amines is 1. The van der Waals surface area contributed by atoms with E-state index in [2.05, 4.69) is 36.1 Å². The lowest BCUT2D eigenvalue weighted by atomic mass is 9.89. The first-order valence-corrected chi connectivity index (χ1v) is 11.9. The molecule has 0 saturated carbocycles. The average Bonchev–Trinajstić information content (AvgIpc) is 3.32. The molecule has 0 radical (unpaired) electrons. The van der Waals surface area contributed by atoms with Crippen LogP contribution in [0.25, 0.3) is 0 Å². The topological polar surface area (TPSA) is 144 Å². The van der Waals surface area contributed by atoms with Gasteiger partial charge in [0, 0.05) is 24.7 Å². The molecule has 0 spiro atoms. The Morgan fingerprint density at radius 3 is 2.22 bits per heavy atom. The summed E-state index contributed by atoms with van der Waals surface area (Å²) in [6, 6.07) is 0. The molecule has 152 valence electrons. The molecule has 2 heterocycles. The van der Waals surface area contributed by atoms with Crippen LogP contribution in [-0.2, 0) is 33.3 Å². The molecule has 0 aliphatic rings. The van der Waals surface area contributed by atoms with Crippen LogP contribution in [0.1, 0.15) is 52.8 Å². The maximum absolute atomic E-state index is 12.2. The highest BCUT2D eigenvalue weighted by Crippen LogP contribution is 2.24. The van der Waals surface area contributed by atoms with Gasteiger partial charge in [-0.25, -0.2) is 9.78 Å². The quantitative estimate of drug-likeness (QED) is 0.494. The van der Waals surface area contributed by atoms with E-state index in [1.807, 2.05) is 27.7 Å². The molecule has 0 fully saturated rings. The van der Waals surface area contributed by atoms with E-state index in [0.29, 0.717) is 41.7 Å². The Bertz CT molecular complexity index is 595.